The molecule has 2 heterocycles. The van der Waals surface area contributed by atoms with Gasteiger partial charge in [-0.2, -0.15) is 0 Å². The molecule has 0 saturated carbocycles. The van der Waals surface area contributed by atoms with E-state index in [4.69, 9.17) is 9.73 Å². The molecule has 3 aromatic carbocycles. The molecule has 3 nitrogen and oxygen atoms in total. The third-order valence-corrected chi connectivity index (χ3v) is 6.09. The van der Waals surface area contributed by atoms with E-state index in [0.717, 1.165) is 28.9 Å². The van der Waals surface area contributed by atoms with Crippen LogP contribution in [0.25, 0.3) is 10.8 Å². The highest BCUT2D eigenvalue weighted by molar-refractivity contribution is 5.99. The molecule has 2 aliphatic rings. The first-order valence-corrected chi connectivity index (χ1v) is 9.71. The van der Waals surface area contributed by atoms with Crippen molar-refractivity contribution in [2.45, 2.75) is 31.9 Å². The lowest BCUT2D eigenvalue weighted by molar-refractivity contribution is 0.0795. The summed E-state index contributed by atoms with van der Waals surface area (Å²) in [5.74, 6) is 0.828. The number of benzene rings is 3. The molecule has 0 fully saturated rings. The van der Waals surface area contributed by atoms with Crippen LogP contribution >= 0.6 is 0 Å². The van der Waals surface area contributed by atoms with Crippen LogP contribution in [0.3, 0.4) is 0 Å². The number of para-hydroxylation sites is 1. The molecule has 3 aromatic rings. The zero-order chi connectivity index (χ0) is 19.5. The lowest BCUT2D eigenvalue weighted by Gasteiger charge is -2.46. The third kappa shape index (κ3) is 2.13. The number of fused-ring (bicyclic) bond motifs is 4. The van der Waals surface area contributed by atoms with Crippen molar-refractivity contribution < 1.29 is 4.74 Å². The van der Waals surface area contributed by atoms with Gasteiger partial charge in [0.25, 0.3) is 0 Å². The van der Waals surface area contributed by atoms with Gasteiger partial charge in [-0.25, -0.2) is 0 Å². The first-order valence-electron chi connectivity index (χ1n) is 9.71. The molecule has 1 atom stereocenters. The standard InChI is InChI=1S/C25H24N2O/c1-17(2)15-27-21-12-8-7-11-20(21)24(3,4)25(27)16-26-23-19-10-6-5-9-18(19)13-14-22(23)28-25/h5-14,16H,1,15H2,2-4H3. The van der Waals surface area contributed by atoms with E-state index in [-0.39, 0.29) is 5.41 Å². The maximum atomic E-state index is 6.84. The zero-order valence-electron chi connectivity index (χ0n) is 16.6. The summed E-state index contributed by atoms with van der Waals surface area (Å²) in [6.07, 6.45) is 2.00. The van der Waals surface area contributed by atoms with Gasteiger partial charge in [0.2, 0.25) is 5.72 Å². The SMILES string of the molecule is C=C(C)CN1c2ccccc2C(C)(C)C12C=Nc1c(ccc3ccccc13)O2. The van der Waals surface area contributed by atoms with E-state index >= 15 is 0 Å². The summed E-state index contributed by atoms with van der Waals surface area (Å²) in [6, 6.07) is 21.0. The van der Waals surface area contributed by atoms with Crippen molar-refractivity contribution in [1.29, 1.82) is 0 Å². The van der Waals surface area contributed by atoms with Gasteiger partial charge >= 0.3 is 0 Å². The summed E-state index contributed by atoms with van der Waals surface area (Å²) in [4.78, 5) is 7.28. The van der Waals surface area contributed by atoms with Crippen LogP contribution in [0.15, 0.2) is 77.8 Å². The summed E-state index contributed by atoms with van der Waals surface area (Å²) < 4.78 is 6.84. The molecule has 28 heavy (non-hydrogen) atoms. The van der Waals surface area contributed by atoms with Crippen molar-refractivity contribution in [2.75, 3.05) is 11.4 Å². The third-order valence-electron chi connectivity index (χ3n) is 6.09. The molecule has 0 bridgehead atoms. The molecule has 0 amide bonds. The molecule has 140 valence electrons. The molecule has 1 spiro atoms. The van der Waals surface area contributed by atoms with Gasteiger partial charge < -0.3 is 9.64 Å². The van der Waals surface area contributed by atoms with Crippen LogP contribution in [-0.4, -0.2) is 18.5 Å². The Morgan fingerprint density at radius 3 is 2.61 bits per heavy atom. The molecular formula is C25H24N2O. The average molecular weight is 368 g/mol. The van der Waals surface area contributed by atoms with Crippen LogP contribution < -0.4 is 9.64 Å². The normalized spacial score (nSPS) is 21.5. The van der Waals surface area contributed by atoms with Crippen molar-refractivity contribution in [3.8, 4) is 5.75 Å². The van der Waals surface area contributed by atoms with E-state index < -0.39 is 5.72 Å². The summed E-state index contributed by atoms with van der Waals surface area (Å²) in [7, 11) is 0. The van der Waals surface area contributed by atoms with Crippen molar-refractivity contribution in [1.82, 2.24) is 0 Å². The van der Waals surface area contributed by atoms with Gasteiger partial charge in [-0.05, 0) is 43.9 Å². The first-order chi connectivity index (χ1) is 13.4. The summed E-state index contributed by atoms with van der Waals surface area (Å²) in [5, 5.41) is 2.29. The van der Waals surface area contributed by atoms with Gasteiger partial charge in [-0.1, -0.05) is 60.7 Å². The van der Waals surface area contributed by atoms with Crippen LogP contribution in [-0.2, 0) is 5.41 Å². The monoisotopic (exact) mass is 368 g/mol. The molecule has 3 heteroatoms. The lowest BCUT2D eigenvalue weighted by atomic mass is 9.77. The van der Waals surface area contributed by atoms with Crippen molar-refractivity contribution >= 4 is 28.4 Å². The van der Waals surface area contributed by atoms with Gasteiger partial charge in [-0.15, -0.1) is 0 Å². The second-order valence-electron chi connectivity index (χ2n) is 8.38. The highest BCUT2D eigenvalue weighted by Gasteiger charge is 2.59. The quantitative estimate of drug-likeness (QED) is 0.518. The molecule has 0 aliphatic carbocycles. The minimum Gasteiger partial charge on any atom is -0.459 e. The Morgan fingerprint density at radius 2 is 1.79 bits per heavy atom. The summed E-state index contributed by atoms with van der Waals surface area (Å²) >= 11 is 0. The van der Waals surface area contributed by atoms with Crippen LogP contribution in [0.1, 0.15) is 26.3 Å². The predicted molar refractivity (Wildman–Crippen MR) is 117 cm³/mol. The number of nitrogens with zero attached hydrogens (tertiary/aromatic N) is 2. The van der Waals surface area contributed by atoms with E-state index in [9.17, 15) is 0 Å². The molecule has 5 rings (SSSR count). The van der Waals surface area contributed by atoms with Gasteiger partial charge in [0.15, 0.2) is 0 Å². The van der Waals surface area contributed by atoms with Gasteiger partial charge in [0, 0.05) is 17.6 Å². The van der Waals surface area contributed by atoms with E-state index in [2.05, 4.69) is 80.8 Å². The van der Waals surface area contributed by atoms with E-state index in [1.54, 1.807) is 0 Å². The highest BCUT2D eigenvalue weighted by Crippen LogP contribution is 2.54. The minimum absolute atomic E-state index is 0.272. The number of hydrogen-bond acceptors (Lipinski definition) is 3. The maximum Gasteiger partial charge on any atom is 0.229 e. The van der Waals surface area contributed by atoms with Crippen LogP contribution in [0, 0.1) is 0 Å². The molecule has 0 radical (unpaired) electrons. The fourth-order valence-corrected chi connectivity index (χ4v) is 4.63. The van der Waals surface area contributed by atoms with Crippen molar-refractivity contribution in [2.24, 2.45) is 4.99 Å². The second-order valence-corrected chi connectivity index (χ2v) is 8.38. The highest BCUT2D eigenvalue weighted by atomic mass is 16.5. The van der Waals surface area contributed by atoms with E-state index in [0.29, 0.717) is 0 Å². The lowest BCUT2D eigenvalue weighted by Crippen LogP contribution is -2.62. The smallest absolute Gasteiger partial charge is 0.229 e. The van der Waals surface area contributed by atoms with E-state index in [1.807, 2.05) is 18.3 Å². The summed E-state index contributed by atoms with van der Waals surface area (Å²) in [5.41, 5.74) is 3.49. The second kappa shape index (κ2) is 5.71. The molecular weight excluding hydrogens is 344 g/mol. The first kappa shape index (κ1) is 17.1. The molecule has 0 N–H and O–H groups in total. The Kier molecular flexibility index (Phi) is 3.48. The van der Waals surface area contributed by atoms with Gasteiger partial charge in [0.1, 0.15) is 11.4 Å². The molecule has 0 aromatic heterocycles. The minimum atomic E-state index is -0.689. The Balaban J connectivity index is 1.72. The van der Waals surface area contributed by atoms with Gasteiger partial charge in [-0.3, -0.25) is 4.99 Å². The Labute approximate surface area is 166 Å². The number of hydrogen-bond donors (Lipinski definition) is 0. The van der Waals surface area contributed by atoms with Crippen LogP contribution in [0.4, 0.5) is 11.4 Å². The van der Waals surface area contributed by atoms with Gasteiger partial charge in [0.05, 0.1) is 11.6 Å². The Morgan fingerprint density at radius 1 is 1.04 bits per heavy atom. The van der Waals surface area contributed by atoms with Crippen molar-refractivity contribution in [3.63, 3.8) is 0 Å². The molecule has 0 saturated heterocycles. The largest absolute Gasteiger partial charge is 0.459 e. The fourth-order valence-electron chi connectivity index (χ4n) is 4.63. The van der Waals surface area contributed by atoms with Crippen LogP contribution in [0.2, 0.25) is 0 Å². The Hall–Kier alpha value is -3.07. The maximum absolute atomic E-state index is 6.84. The fraction of sp³-hybridized carbons (Fsp3) is 0.240. The molecule has 1 unspecified atom stereocenters. The van der Waals surface area contributed by atoms with Crippen molar-refractivity contribution in [3.05, 3.63) is 78.4 Å². The zero-order valence-corrected chi connectivity index (χ0v) is 16.6. The Bertz CT molecular complexity index is 1140. The topological polar surface area (TPSA) is 24.8 Å². The predicted octanol–water partition coefficient (Wildman–Crippen LogP) is 6.00. The summed E-state index contributed by atoms with van der Waals surface area (Å²) in [6.45, 7) is 11.4. The number of ether oxygens (including phenoxy) is 1. The van der Waals surface area contributed by atoms with Crippen LogP contribution in [0.5, 0.6) is 5.75 Å². The number of rotatable bonds is 2. The number of aliphatic imine (C=N–C) groups is 1. The van der Waals surface area contributed by atoms with E-state index in [1.165, 1.54) is 16.6 Å². The molecule has 2 aliphatic heterocycles. The average Bonchev–Trinajstić information content (AvgIpc) is 2.86. The number of anilines is 1.